The number of nitriles is 1. The summed E-state index contributed by atoms with van der Waals surface area (Å²) in [5.41, 5.74) is 0.849. The van der Waals surface area contributed by atoms with Gasteiger partial charge < -0.3 is 4.48 Å². The summed E-state index contributed by atoms with van der Waals surface area (Å²) in [7, 11) is 6.89. The topological polar surface area (TPSA) is 72.9 Å². The van der Waals surface area contributed by atoms with E-state index in [0.717, 1.165) is 53.0 Å². The van der Waals surface area contributed by atoms with E-state index in [1.807, 2.05) is 0 Å². The molecule has 0 spiro atoms. The predicted octanol–water partition coefficient (Wildman–Crippen LogP) is 12.7. The van der Waals surface area contributed by atoms with E-state index in [1.165, 1.54) is 109 Å². The van der Waals surface area contributed by atoms with Gasteiger partial charge in [-0.2, -0.15) is 31.6 Å². The summed E-state index contributed by atoms with van der Waals surface area (Å²) < 4.78 is 75.9. The molecule has 0 aliphatic heterocycles. The van der Waals surface area contributed by atoms with E-state index in [0.29, 0.717) is 0 Å². The number of amidine groups is 1. The smallest absolute Gasteiger partial charge is 0.331 e. The number of nitrogens with one attached hydrogen (secondary N) is 1. The highest BCUT2D eigenvalue weighted by Gasteiger charge is 2.30. The first-order valence-electron chi connectivity index (χ1n) is 17.5. The van der Waals surface area contributed by atoms with E-state index >= 15 is 0 Å². The maximum atomic E-state index is 12.5. The van der Waals surface area contributed by atoms with E-state index < -0.39 is 29.3 Å². The van der Waals surface area contributed by atoms with Crippen LogP contribution >= 0.6 is 0 Å². The Morgan fingerprint density at radius 2 is 1.02 bits per heavy atom. The zero-order chi connectivity index (χ0) is 36.6. The Labute approximate surface area is 289 Å². The Balaban J connectivity index is 0.000000502. The number of quaternary nitrogens is 1. The zero-order valence-corrected chi connectivity index (χ0v) is 29.6. The molecule has 0 aliphatic carbocycles. The SMILES string of the molecule is CCCCCCCCCCCCCCCCCC[N+](C)(C)C.N#CC(/N=N/c1ccc(C(F)(F)F)cc1)=N\Nc1ccc(C(F)(F)F)cc1. The number of halogens is 6. The highest BCUT2D eigenvalue weighted by molar-refractivity contribution is 5.97. The van der Waals surface area contributed by atoms with Crippen LogP contribution in [0, 0.1) is 11.3 Å². The monoisotopic (exact) mass is 697 g/mol. The number of benzene rings is 2. The normalized spacial score (nSPS) is 12.5. The van der Waals surface area contributed by atoms with Gasteiger partial charge in [-0.1, -0.05) is 96.8 Å². The number of rotatable bonds is 20. The molecule has 12 heteroatoms. The van der Waals surface area contributed by atoms with Crippen molar-refractivity contribution < 1.29 is 30.8 Å². The minimum Gasteiger partial charge on any atom is -0.331 e. The van der Waals surface area contributed by atoms with Crippen LogP contribution in [0.25, 0.3) is 0 Å². The molecule has 0 radical (unpaired) electrons. The lowest BCUT2D eigenvalue weighted by Crippen LogP contribution is -2.35. The minimum absolute atomic E-state index is 0.0560. The standard InChI is InChI=1S/C21H46N.C16H9F6N5/c1-5-6-7-8-9-10-11-12-13-14-15-16-17-18-19-20-21-22(2,3)4;17-15(18,19)10-1-5-12(6-2-10)24-26-14(9-23)27-25-13-7-3-11(4-8-13)16(20,21)22/h5-21H2,1-4H3;1-8,24H/q+1;/b;26-14+,27-25+. The van der Waals surface area contributed by atoms with Gasteiger partial charge in [-0.15, -0.1) is 15.3 Å². The summed E-state index contributed by atoms with van der Waals surface area (Å²) in [5, 5.41) is 19.5. The van der Waals surface area contributed by atoms with Crippen molar-refractivity contribution in [2.75, 3.05) is 33.1 Å². The van der Waals surface area contributed by atoms with Gasteiger partial charge in [0.05, 0.1) is 50.2 Å². The van der Waals surface area contributed by atoms with E-state index in [9.17, 15) is 26.3 Å². The van der Waals surface area contributed by atoms with Gasteiger partial charge in [-0.3, -0.25) is 5.43 Å². The molecule has 0 saturated heterocycles. The van der Waals surface area contributed by atoms with Crippen LogP contribution in [0.4, 0.5) is 37.7 Å². The Morgan fingerprint density at radius 3 is 1.39 bits per heavy atom. The molecular formula is C37H55F6N6+. The molecule has 2 aromatic rings. The molecule has 49 heavy (non-hydrogen) atoms. The maximum Gasteiger partial charge on any atom is 0.416 e. The Bertz CT molecular complexity index is 1240. The summed E-state index contributed by atoms with van der Waals surface area (Å²) in [4.78, 5) is 0. The molecule has 6 nitrogen and oxygen atoms in total. The second-order valence-electron chi connectivity index (χ2n) is 13.3. The van der Waals surface area contributed by atoms with Crippen LogP contribution in [0.3, 0.4) is 0 Å². The fourth-order valence-electron chi connectivity index (χ4n) is 4.88. The van der Waals surface area contributed by atoms with E-state index in [2.05, 4.69) is 48.8 Å². The molecule has 0 amide bonds. The lowest BCUT2D eigenvalue weighted by molar-refractivity contribution is -0.870. The molecule has 0 atom stereocenters. The molecule has 0 saturated carbocycles. The quantitative estimate of drug-likeness (QED) is 0.0284. The third kappa shape index (κ3) is 22.7. The van der Waals surface area contributed by atoms with Crippen molar-refractivity contribution in [3.63, 3.8) is 0 Å². The van der Waals surface area contributed by atoms with Crippen molar-refractivity contribution in [1.82, 2.24) is 0 Å². The average molecular weight is 698 g/mol. The molecule has 2 aromatic carbocycles. The summed E-state index contributed by atoms with van der Waals surface area (Å²) in [6.07, 6.45) is 14.4. The van der Waals surface area contributed by atoms with Crippen LogP contribution in [0.2, 0.25) is 0 Å². The molecular weight excluding hydrogens is 642 g/mol. The van der Waals surface area contributed by atoms with Crippen molar-refractivity contribution in [3.05, 3.63) is 59.7 Å². The fourth-order valence-corrected chi connectivity index (χ4v) is 4.88. The van der Waals surface area contributed by atoms with E-state index in [4.69, 9.17) is 5.26 Å². The van der Waals surface area contributed by atoms with Crippen LogP contribution in [-0.4, -0.2) is 38.0 Å². The number of hydrogen-bond acceptors (Lipinski definition) is 4. The average Bonchev–Trinajstić information content (AvgIpc) is 3.04. The van der Waals surface area contributed by atoms with Gasteiger partial charge >= 0.3 is 12.4 Å². The highest BCUT2D eigenvalue weighted by atomic mass is 19.4. The van der Waals surface area contributed by atoms with Crippen molar-refractivity contribution in [1.29, 1.82) is 5.26 Å². The lowest BCUT2D eigenvalue weighted by atomic mass is 10.0. The van der Waals surface area contributed by atoms with E-state index in [-0.39, 0.29) is 11.4 Å². The number of alkyl halides is 6. The first-order valence-corrected chi connectivity index (χ1v) is 17.5. The third-order valence-corrected chi connectivity index (χ3v) is 7.74. The molecule has 0 aromatic heterocycles. The molecule has 1 N–H and O–H groups in total. The Hall–Kier alpha value is -3.46. The maximum absolute atomic E-state index is 12.5. The summed E-state index contributed by atoms with van der Waals surface area (Å²) >= 11 is 0. The number of hydrazone groups is 1. The Kier molecular flexibility index (Phi) is 21.2. The summed E-state index contributed by atoms with van der Waals surface area (Å²) in [6.45, 7) is 3.63. The fraction of sp³-hybridized carbons (Fsp3) is 0.622. The predicted molar refractivity (Wildman–Crippen MR) is 187 cm³/mol. The number of unbranched alkanes of at least 4 members (excludes halogenated alkanes) is 15. The highest BCUT2D eigenvalue weighted by Crippen LogP contribution is 2.31. The van der Waals surface area contributed by atoms with Gasteiger partial charge in [0.15, 0.2) is 0 Å². The van der Waals surface area contributed by atoms with Crippen LogP contribution in [-0.2, 0) is 12.4 Å². The second-order valence-corrected chi connectivity index (χ2v) is 13.3. The second kappa shape index (κ2) is 23.8. The van der Waals surface area contributed by atoms with Crippen molar-refractivity contribution >= 4 is 17.2 Å². The molecule has 2 rings (SSSR count). The minimum atomic E-state index is -4.49. The van der Waals surface area contributed by atoms with Crippen molar-refractivity contribution in [2.24, 2.45) is 15.3 Å². The molecule has 274 valence electrons. The van der Waals surface area contributed by atoms with Crippen LogP contribution in [0.15, 0.2) is 63.9 Å². The lowest BCUT2D eigenvalue weighted by Gasteiger charge is -2.23. The van der Waals surface area contributed by atoms with E-state index in [1.54, 1.807) is 6.07 Å². The molecule has 0 heterocycles. The van der Waals surface area contributed by atoms with Gasteiger partial charge in [0.1, 0.15) is 6.07 Å². The molecule has 0 bridgehead atoms. The number of azo groups is 1. The van der Waals surface area contributed by atoms with Gasteiger partial charge in [-0.25, -0.2) is 0 Å². The Morgan fingerprint density at radius 1 is 0.633 bits per heavy atom. The van der Waals surface area contributed by atoms with Crippen LogP contribution in [0.1, 0.15) is 121 Å². The van der Waals surface area contributed by atoms with Gasteiger partial charge in [0.2, 0.25) is 0 Å². The van der Waals surface area contributed by atoms with Crippen molar-refractivity contribution in [2.45, 2.75) is 122 Å². The van der Waals surface area contributed by atoms with Crippen molar-refractivity contribution in [3.8, 4) is 6.07 Å². The molecule has 0 aliphatic rings. The number of nitrogens with zero attached hydrogens (tertiary/aromatic N) is 5. The van der Waals surface area contributed by atoms with Gasteiger partial charge in [0, 0.05) is 0 Å². The molecule has 0 fully saturated rings. The zero-order valence-electron chi connectivity index (χ0n) is 29.6. The van der Waals surface area contributed by atoms with Crippen LogP contribution in [0.5, 0.6) is 0 Å². The number of hydrogen-bond donors (Lipinski definition) is 1. The largest absolute Gasteiger partial charge is 0.416 e. The first kappa shape index (κ1) is 43.6. The summed E-state index contributed by atoms with van der Waals surface area (Å²) in [5.74, 6) is -0.477. The first-order chi connectivity index (χ1) is 23.2. The van der Waals surface area contributed by atoms with Gasteiger partial charge in [-0.05, 0) is 61.4 Å². The van der Waals surface area contributed by atoms with Crippen LogP contribution < -0.4 is 5.43 Å². The number of anilines is 1. The third-order valence-electron chi connectivity index (χ3n) is 7.74. The molecule has 0 unspecified atom stereocenters. The summed E-state index contributed by atoms with van der Waals surface area (Å²) in [6, 6.07) is 9.17. The van der Waals surface area contributed by atoms with Gasteiger partial charge in [0.25, 0.3) is 5.84 Å².